The number of carbonyl (C=O) groups excluding carboxylic acids is 3. The van der Waals surface area contributed by atoms with E-state index in [1.165, 1.54) is 41.3 Å². The number of hydrogen-bond donors (Lipinski definition) is 7. The van der Waals surface area contributed by atoms with E-state index in [0.29, 0.717) is 18.5 Å². The van der Waals surface area contributed by atoms with E-state index >= 15 is 0 Å². The van der Waals surface area contributed by atoms with Crippen molar-refractivity contribution in [2.75, 3.05) is 23.4 Å². The fourth-order valence-corrected chi connectivity index (χ4v) is 6.41. The number of aliphatic hydroxyl groups is 6. The summed E-state index contributed by atoms with van der Waals surface area (Å²) in [7, 11) is 0. The van der Waals surface area contributed by atoms with E-state index in [4.69, 9.17) is 4.74 Å². The van der Waals surface area contributed by atoms with Crippen molar-refractivity contribution in [2.45, 2.75) is 75.1 Å². The van der Waals surface area contributed by atoms with Crippen molar-refractivity contribution >= 4 is 34.8 Å². The SMILES string of the molecule is C[C@H](/C=C/CC(=O)N1CCC[C@H]1CO)[C@@]1(O)C(=O)N(Cc2cccc(NC(=O)[C@H]3O[C@@H](O)[C@H](O)[C@@H](O)[C@@H]3O)c2)c2ccc([N+](=O)[O-])cc21. The van der Waals surface area contributed by atoms with E-state index in [1.54, 1.807) is 24.0 Å². The van der Waals surface area contributed by atoms with E-state index in [1.807, 2.05) is 0 Å². The molecule has 5 rings (SSSR count). The summed E-state index contributed by atoms with van der Waals surface area (Å²) in [6.07, 6.45) is -4.62. The molecule has 2 fully saturated rings. The molecule has 3 aliphatic heterocycles. The molecule has 3 amide bonds. The first kappa shape index (κ1) is 35.0. The Balaban J connectivity index is 1.35. The van der Waals surface area contributed by atoms with Crippen molar-refractivity contribution < 1.29 is 54.7 Å². The van der Waals surface area contributed by atoms with Gasteiger partial charge in [0.2, 0.25) is 5.91 Å². The van der Waals surface area contributed by atoms with Crippen LogP contribution in [0.3, 0.4) is 0 Å². The highest BCUT2D eigenvalue weighted by Gasteiger charge is 2.53. The summed E-state index contributed by atoms with van der Waals surface area (Å²) in [6.45, 7) is 1.81. The molecule has 0 unspecified atom stereocenters. The first-order valence-corrected chi connectivity index (χ1v) is 15.5. The Morgan fingerprint density at radius 3 is 2.60 bits per heavy atom. The first-order chi connectivity index (χ1) is 22.8. The van der Waals surface area contributed by atoms with Crippen molar-refractivity contribution in [3.8, 4) is 0 Å². The molecule has 0 bridgehead atoms. The fourth-order valence-electron chi connectivity index (χ4n) is 6.41. The molecule has 2 aromatic rings. The molecule has 0 spiro atoms. The number of fused-ring (bicyclic) bond motifs is 1. The average molecular weight is 671 g/mol. The van der Waals surface area contributed by atoms with Gasteiger partial charge in [-0.15, -0.1) is 0 Å². The average Bonchev–Trinajstić information content (AvgIpc) is 3.63. The van der Waals surface area contributed by atoms with Gasteiger partial charge in [0.05, 0.1) is 29.8 Å². The quantitative estimate of drug-likeness (QED) is 0.0973. The third kappa shape index (κ3) is 6.55. The van der Waals surface area contributed by atoms with Crippen LogP contribution in [0.4, 0.5) is 17.1 Å². The van der Waals surface area contributed by atoms with E-state index in [9.17, 15) is 55.1 Å². The lowest BCUT2D eigenvalue weighted by Gasteiger charge is -2.37. The second-order valence-corrected chi connectivity index (χ2v) is 12.2. The molecule has 0 saturated carbocycles. The lowest BCUT2D eigenvalue weighted by atomic mass is 9.82. The monoisotopic (exact) mass is 670 g/mol. The van der Waals surface area contributed by atoms with Crippen LogP contribution >= 0.6 is 0 Å². The zero-order chi connectivity index (χ0) is 34.9. The van der Waals surface area contributed by atoms with Crippen molar-refractivity contribution in [3.63, 3.8) is 0 Å². The summed E-state index contributed by atoms with van der Waals surface area (Å²) in [5.74, 6) is -2.83. The molecule has 0 radical (unpaired) electrons. The molecule has 0 aliphatic carbocycles. The number of nitro benzene ring substituents is 1. The van der Waals surface area contributed by atoms with Crippen LogP contribution in [0.1, 0.15) is 37.3 Å². The fraction of sp³-hybridized carbons (Fsp3) is 0.469. The van der Waals surface area contributed by atoms with Gasteiger partial charge in [-0.2, -0.15) is 0 Å². The minimum atomic E-state index is -2.23. The van der Waals surface area contributed by atoms with Gasteiger partial charge in [-0.1, -0.05) is 31.2 Å². The van der Waals surface area contributed by atoms with Crippen molar-refractivity contribution in [2.24, 2.45) is 5.92 Å². The van der Waals surface area contributed by atoms with Gasteiger partial charge in [-0.3, -0.25) is 24.5 Å². The lowest BCUT2D eigenvalue weighted by Crippen LogP contribution is -2.60. The van der Waals surface area contributed by atoms with Crippen LogP contribution in [0.2, 0.25) is 0 Å². The minimum absolute atomic E-state index is 0.0114. The number of nitro groups is 1. The Hall–Kier alpha value is -4.29. The zero-order valence-electron chi connectivity index (χ0n) is 26.0. The van der Waals surface area contributed by atoms with E-state index in [0.717, 1.165) is 12.5 Å². The molecule has 16 nitrogen and oxygen atoms in total. The van der Waals surface area contributed by atoms with Crippen LogP contribution < -0.4 is 10.2 Å². The Kier molecular flexibility index (Phi) is 10.3. The number of hydrogen-bond acceptors (Lipinski definition) is 12. The van der Waals surface area contributed by atoms with Crippen molar-refractivity contribution in [1.29, 1.82) is 0 Å². The molecule has 8 atom stereocenters. The number of nitrogens with one attached hydrogen (secondary N) is 1. The summed E-state index contributed by atoms with van der Waals surface area (Å²) in [6, 6.07) is 9.66. The molecular weight excluding hydrogens is 632 g/mol. The van der Waals surface area contributed by atoms with Gasteiger partial charge in [-0.05, 0) is 36.6 Å². The number of anilines is 2. The van der Waals surface area contributed by atoms with Crippen LogP contribution in [0.25, 0.3) is 0 Å². The number of non-ortho nitro benzene ring substituents is 1. The third-order valence-corrected chi connectivity index (χ3v) is 9.13. The van der Waals surface area contributed by atoms with Crippen LogP contribution in [-0.4, -0.2) is 108 Å². The van der Waals surface area contributed by atoms with Gasteiger partial charge in [0.1, 0.15) is 18.3 Å². The summed E-state index contributed by atoms with van der Waals surface area (Å²) in [4.78, 5) is 53.4. The van der Waals surface area contributed by atoms with Gasteiger partial charge in [-0.25, -0.2) is 0 Å². The number of nitrogens with zero attached hydrogens (tertiary/aromatic N) is 3. The normalized spacial score (nSPS) is 29.3. The largest absolute Gasteiger partial charge is 0.394 e. The Morgan fingerprint density at radius 2 is 1.90 bits per heavy atom. The van der Waals surface area contributed by atoms with Gasteiger partial charge in [0, 0.05) is 42.3 Å². The Bertz CT molecular complexity index is 1600. The maximum Gasteiger partial charge on any atom is 0.269 e. The predicted octanol–water partition coefficient (Wildman–Crippen LogP) is -0.367. The number of carbonyl (C=O) groups is 3. The molecule has 48 heavy (non-hydrogen) atoms. The maximum absolute atomic E-state index is 14.0. The highest BCUT2D eigenvalue weighted by Crippen LogP contribution is 2.47. The lowest BCUT2D eigenvalue weighted by molar-refractivity contribution is -0.385. The number of amides is 3. The van der Waals surface area contributed by atoms with Gasteiger partial charge < -0.3 is 50.5 Å². The van der Waals surface area contributed by atoms with E-state index in [2.05, 4.69) is 5.32 Å². The molecule has 3 heterocycles. The molecular formula is C32H38N4O12. The summed E-state index contributed by atoms with van der Waals surface area (Å²) >= 11 is 0. The Labute approximate surface area is 274 Å². The van der Waals surface area contributed by atoms with Crippen LogP contribution in [0, 0.1) is 16.0 Å². The highest BCUT2D eigenvalue weighted by atomic mass is 16.6. The second-order valence-electron chi connectivity index (χ2n) is 12.2. The van der Waals surface area contributed by atoms with Crippen LogP contribution in [0.15, 0.2) is 54.6 Å². The molecule has 2 saturated heterocycles. The van der Waals surface area contributed by atoms with Crippen LogP contribution in [-0.2, 0) is 31.3 Å². The topological polar surface area (TPSA) is 243 Å². The van der Waals surface area contributed by atoms with Gasteiger partial charge in [0.15, 0.2) is 18.0 Å². The molecule has 2 aromatic carbocycles. The highest BCUT2D eigenvalue weighted by molar-refractivity contribution is 6.07. The third-order valence-electron chi connectivity index (χ3n) is 9.13. The van der Waals surface area contributed by atoms with Gasteiger partial charge in [0.25, 0.3) is 17.5 Å². The number of ether oxygens (including phenoxy) is 1. The maximum atomic E-state index is 14.0. The molecule has 3 aliphatic rings. The van der Waals surface area contributed by atoms with Crippen molar-refractivity contribution in [3.05, 3.63) is 75.9 Å². The summed E-state index contributed by atoms with van der Waals surface area (Å²) in [5, 5.41) is 75.2. The van der Waals surface area contributed by atoms with E-state index < -0.39 is 59.0 Å². The first-order valence-electron chi connectivity index (χ1n) is 15.5. The second kappa shape index (κ2) is 14.1. The minimum Gasteiger partial charge on any atom is -0.394 e. The number of rotatable bonds is 10. The van der Waals surface area contributed by atoms with Crippen LogP contribution in [0.5, 0.6) is 0 Å². The molecule has 16 heteroatoms. The predicted molar refractivity (Wildman–Crippen MR) is 167 cm³/mol. The van der Waals surface area contributed by atoms with Crippen molar-refractivity contribution in [1.82, 2.24) is 4.90 Å². The van der Waals surface area contributed by atoms with E-state index in [-0.39, 0.29) is 54.1 Å². The summed E-state index contributed by atoms with van der Waals surface area (Å²) in [5.41, 5.74) is -1.67. The molecule has 258 valence electrons. The molecule has 0 aromatic heterocycles. The number of benzene rings is 2. The Morgan fingerprint density at radius 1 is 1.15 bits per heavy atom. The van der Waals surface area contributed by atoms with Gasteiger partial charge >= 0.3 is 0 Å². The summed E-state index contributed by atoms with van der Waals surface area (Å²) < 4.78 is 4.97. The smallest absolute Gasteiger partial charge is 0.269 e. The zero-order valence-corrected chi connectivity index (χ0v) is 26.0. The molecule has 7 N–H and O–H groups in total. The number of aliphatic hydroxyl groups excluding tert-OH is 5. The number of likely N-dealkylation sites (tertiary alicyclic amines) is 1. The standard InChI is InChI=1S/C32H38N4O12/c1-17(5-2-9-24(38)34-12-4-8-21(34)16-37)32(45)22-14-20(36(46)47)10-11-23(22)35(31(32)44)15-18-6-3-7-19(13-18)33-29(42)28-26(40)25(39)27(41)30(43)48-28/h2-3,5-7,10-11,13-14,17,21,25-28,30,37,39-41,43,45H,4,8-9,12,15-16H2,1H3,(H,33,42)/b5-2+/t17-,21+,25+,26+,27-,28+,30-,32+/m1/s1.